The molecule has 1 aromatic rings. The van der Waals surface area contributed by atoms with Crippen LogP contribution in [0, 0.1) is 0 Å². The van der Waals surface area contributed by atoms with Crippen molar-refractivity contribution in [2.75, 3.05) is 39.9 Å². The summed E-state index contributed by atoms with van der Waals surface area (Å²) in [6.45, 7) is 3.56. The summed E-state index contributed by atoms with van der Waals surface area (Å²) in [4.78, 5) is 15.9. The van der Waals surface area contributed by atoms with Crippen LogP contribution in [0.4, 0.5) is 13.2 Å². The Morgan fingerprint density at radius 3 is 2.43 bits per heavy atom. The van der Waals surface area contributed by atoms with Crippen LogP contribution in [-0.4, -0.2) is 55.6 Å². The molecule has 2 rings (SSSR count). The lowest BCUT2D eigenvalue weighted by Gasteiger charge is -2.22. The second-order valence-corrected chi connectivity index (χ2v) is 5.59. The fourth-order valence-electron chi connectivity index (χ4n) is 2.56. The third-order valence-electron chi connectivity index (χ3n) is 3.93. The van der Waals surface area contributed by atoms with Gasteiger partial charge in [-0.1, -0.05) is 12.1 Å². The van der Waals surface area contributed by atoms with Crippen molar-refractivity contribution in [3.63, 3.8) is 0 Å². The molecule has 0 saturated carbocycles. The fourth-order valence-corrected chi connectivity index (χ4v) is 2.56. The summed E-state index contributed by atoms with van der Waals surface area (Å²) in [5.74, 6) is 0.0944. The predicted molar refractivity (Wildman–Crippen MR) is 79.8 cm³/mol. The molecule has 1 amide bonds. The number of benzene rings is 1. The number of halogens is 3. The fraction of sp³-hybridized carbons (Fsp3) is 0.562. The van der Waals surface area contributed by atoms with Crippen molar-refractivity contribution in [2.24, 2.45) is 0 Å². The van der Waals surface area contributed by atoms with Gasteiger partial charge >= 0.3 is 6.18 Å². The van der Waals surface area contributed by atoms with E-state index in [1.807, 2.05) is 0 Å². The van der Waals surface area contributed by atoms with E-state index >= 15 is 0 Å². The number of hydrogen-bond donors (Lipinski definition) is 0. The van der Waals surface area contributed by atoms with Gasteiger partial charge in [0.15, 0.2) is 0 Å². The summed E-state index contributed by atoms with van der Waals surface area (Å²) >= 11 is 0. The first-order valence-electron chi connectivity index (χ1n) is 7.55. The van der Waals surface area contributed by atoms with Gasteiger partial charge in [0, 0.05) is 46.3 Å². The van der Waals surface area contributed by atoms with Gasteiger partial charge in [-0.05, 0) is 17.7 Å². The van der Waals surface area contributed by atoms with Crippen LogP contribution in [0.25, 0.3) is 0 Å². The minimum absolute atomic E-state index is 0.0944. The third kappa shape index (κ3) is 5.21. The Morgan fingerprint density at radius 1 is 1.13 bits per heavy atom. The van der Waals surface area contributed by atoms with E-state index in [0.717, 1.165) is 17.7 Å². The van der Waals surface area contributed by atoms with Gasteiger partial charge in [0.25, 0.3) is 0 Å². The van der Waals surface area contributed by atoms with E-state index in [0.29, 0.717) is 45.8 Å². The molecule has 1 saturated heterocycles. The Morgan fingerprint density at radius 2 is 1.83 bits per heavy atom. The first-order valence-corrected chi connectivity index (χ1v) is 7.55. The molecule has 23 heavy (non-hydrogen) atoms. The summed E-state index contributed by atoms with van der Waals surface area (Å²) in [5, 5.41) is 0. The monoisotopic (exact) mass is 330 g/mol. The normalized spacial score (nSPS) is 17.4. The molecule has 4 nitrogen and oxygen atoms in total. The number of hydrogen-bond acceptors (Lipinski definition) is 3. The Hall–Kier alpha value is -1.60. The van der Waals surface area contributed by atoms with Crippen molar-refractivity contribution in [1.29, 1.82) is 0 Å². The minimum atomic E-state index is -4.31. The van der Waals surface area contributed by atoms with E-state index in [9.17, 15) is 18.0 Å². The molecule has 7 heteroatoms. The molecule has 1 heterocycles. The summed E-state index contributed by atoms with van der Waals surface area (Å²) < 4.78 is 42.7. The van der Waals surface area contributed by atoms with Crippen molar-refractivity contribution in [2.45, 2.75) is 19.1 Å². The highest BCUT2D eigenvalue weighted by molar-refractivity contribution is 5.76. The van der Waals surface area contributed by atoms with Gasteiger partial charge in [-0.3, -0.25) is 9.69 Å². The van der Waals surface area contributed by atoms with Crippen LogP contribution < -0.4 is 0 Å². The van der Waals surface area contributed by atoms with Crippen LogP contribution >= 0.6 is 0 Å². The predicted octanol–water partition coefficient (Wildman–Crippen LogP) is 2.39. The molecule has 1 fully saturated rings. The number of alkyl halides is 3. The van der Waals surface area contributed by atoms with Gasteiger partial charge < -0.3 is 9.64 Å². The van der Waals surface area contributed by atoms with Gasteiger partial charge in [-0.15, -0.1) is 0 Å². The topological polar surface area (TPSA) is 32.8 Å². The molecule has 0 atom stereocenters. The molecule has 0 radical (unpaired) electrons. The number of rotatable bonds is 5. The zero-order chi connectivity index (χ0) is 16.9. The molecule has 1 aromatic carbocycles. The maximum atomic E-state index is 12.6. The van der Waals surface area contributed by atoms with Crippen molar-refractivity contribution >= 4 is 5.91 Å². The molecular formula is C16H21F3N2O2. The van der Waals surface area contributed by atoms with E-state index in [4.69, 9.17) is 4.74 Å². The molecular weight excluding hydrogens is 309 g/mol. The van der Waals surface area contributed by atoms with E-state index in [-0.39, 0.29) is 5.91 Å². The van der Waals surface area contributed by atoms with Crippen LogP contribution in [0.3, 0.4) is 0 Å². The highest BCUT2D eigenvalue weighted by Crippen LogP contribution is 2.29. The van der Waals surface area contributed by atoms with Gasteiger partial charge in [-0.25, -0.2) is 0 Å². The van der Waals surface area contributed by atoms with E-state index in [1.165, 1.54) is 12.1 Å². The summed E-state index contributed by atoms with van der Waals surface area (Å²) in [7, 11) is 1.60. The quantitative estimate of drug-likeness (QED) is 0.831. The lowest BCUT2D eigenvalue weighted by molar-refractivity contribution is -0.137. The zero-order valence-corrected chi connectivity index (χ0v) is 13.1. The Kier molecular flexibility index (Phi) is 6.01. The standard InChI is InChI=1S/C16H21F3N2O2/c1-23-11-10-21-9-8-20(7-6-15(21)22)12-13-2-4-14(5-3-13)16(17,18)19/h2-5H,6-12H2,1H3. The Labute approximate surface area is 133 Å². The average molecular weight is 330 g/mol. The molecule has 0 bridgehead atoms. The molecule has 1 aliphatic rings. The number of ether oxygens (including phenoxy) is 1. The lowest BCUT2D eigenvalue weighted by atomic mass is 10.1. The highest BCUT2D eigenvalue weighted by Gasteiger charge is 2.30. The highest BCUT2D eigenvalue weighted by atomic mass is 19.4. The Balaban J connectivity index is 1.92. The van der Waals surface area contributed by atoms with Crippen molar-refractivity contribution in [3.8, 4) is 0 Å². The lowest BCUT2D eigenvalue weighted by Crippen LogP contribution is -2.35. The molecule has 1 aliphatic heterocycles. The van der Waals surface area contributed by atoms with E-state index in [1.54, 1.807) is 12.0 Å². The second kappa shape index (κ2) is 7.79. The van der Waals surface area contributed by atoms with Gasteiger partial charge in [0.2, 0.25) is 5.91 Å². The third-order valence-corrected chi connectivity index (χ3v) is 3.93. The van der Waals surface area contributed by atoms with Crippen molar-refractivity contribution in [1.82, 2.24) is 9.80 Å². The van der Waals surface area contributed by atoms with Crippen LogP contribution in [0.1, 0.15) is 17.5 Å². The molecule has 0 unspecified atom stereocenters. The van der Waals surface area contributed by atoms with Crippen molar-refractivity contribution < 1.29 is 22.7 Å². The van der Waals surface area contributed by atoms with Gasteiger partial charge in [0.1, 0.15) is 0 Å². The van der Waals surface area contributed by atoms with E-state index in [2.05, 4.69) is 4.90 Å². The number of carbonyl (C=O) groups excluding carboxylic acids is 1. The van der Waals surface area contributed by atoms with Crippen molar-refractivity contribution in [3.05, 3.63) is 35.4 Å². The summed E-state index contributed by atoms with van der Waals surface area (Å²) in [5.41, 5.74) is 0.175. The SMILES string of the molecule is COCCN1CCN(Cc2ccc(C(F)(F)F)cc2)CCC1=O. The molecule has 0 aromatic heterocycles. The number of amides is 1. The van der Waals surface area contributed by atoms with Gasteiger partial charge in [0.05, 0.1) is 12.2 Å². The minimum Gasteiger partial charge on any atom is -0.383 e. The maximum absolute atomic E-state index is 12.6. The van der Waals surface area contributed by atoms with Crippen LogP contribution in [0.2, 0.25) is 0 Å². The largest absolute Gasteiger partial charge is 0.416 e. The molecule has 0 aliphatic carbocycles. The second-order valence-electron chi connectivity index (χ2n) is 5.59. The number of nitrogens with zero attached hydrogens (tertiary/aromatic N) is 2. The van der Waals surface area contributed by atoms with Gasteiger partial charge in [-0.2, -0.15) is 13.2 Å². The summed E-state index contributed by atoms with van der Waals surface area (Å²) in [6.07, 6.45) is -3.89. The smallest absolute Gasteiger partial charge is 0.383 e. The zero-order valence-electron chi connectivity index (χ0n) is 13.1. The molecule has 0 N–H and O–H groups in total. The number of methoxy groups -OCH3 is 1. The van der Waals surface area contributed by atoms with E-state index < -0.39 is 11.7 Å². The van der Waals surface area contributed by atoms with Crippen LogP contribution in [-0.2, 0) is 22.3 Å². The average Bonchev–Trinajstić information content (AvgIpc) is 2.67. The summed E-state index contributed by atoms with van der Waals surface area (Å²) in [6, 6.07) is 5.20. The first-order chi connectivity index (χ1) is 10.9. The first kappa shape index (κ1) is 17.7. The molecule has 0 spiro atoms. The number of carbonyl (C=O) groups is 1. The molecule has 128 valence electrons. The maximum Gasteiger partial charge on any atom is 0.416 e. The van der Waals surface area contributed by atoms with Crippen LogP contribution in [0.5, 0.6) is 0 Å². The Bertz CT molecular complexity index is 517. The van der Waals surface area contributed by atoms with Crippen LogP contribution in [0.15, 0.2) is 24.3 Å².